The van der Waals surface area contributed by atoms with E-state index < -0.39 is 0 Å². The number of halogens is 2. The first-order valence-corrected chi connectivity index (χ1v) is 6.44. The average molecular weight is 313 g/mol. The Morgan fingerprint density at radius 3 is 3.00 bits per heavy atom. The lowest BCUT2D eigenvalue weighted by Crippen LogP contribution is -2.17. The molecule has 1 aromatic heterocycles. The molecule has 0 spiro atoms. The predicted octanol–water partition coefficient (Wildman–Crippen LogP) is 2.05. The molecule has 2 rings (SSSR count). The minimum absolute atomic E-state index is 0.235. The number of nitrogens with one attached hydrogen (secondary N) is 1. The molecule has 0 saturated carbocycles. The smallest absolute Gasteiger partial charge is 0.151 e. The lowest BCUT2D eigenvalue weighted by molar-refractivity contribution is 0.610. The van der Waals surface area contributed by atoms with Crippen molar-refractivity contribution in [2.45, 2.75) is 13.0 Å². The number of hydrogen-bond acceptors (Lipinski definition) is 3. The standard InChI is InChI=1S/C12H14BrFN4/c1-18-8-16-11(17-18)5-6-15-7-9-3-2-4-10(14)12(9)13/h2-4,8,15H,5-7H2,1H3. The van der Waals surface area contributed by atoms with Crippen LogP contribution in [-0.4, -0.2) is 21.3 Å². The quantitative estimate of drug-likeness (QED) is 0.859. The minimum Gasteiger partial charge on any atom is -0.312 e. The van der Waals surface area contributed by atoms with E-state index in [2.05, 4.69) is 31.3 Å². The van der Waals surface area contributed by atoms with Gasteiger partial charge in [0.1, 0.15) is 12.1 Å². The zero-order valence-electron chi connectivity index (χ0n) is 10.0. The van der Waals surface area contributed by atoms with Crippen LogP contribution in [0.1, 0.15) is 11.4 Å². The van der Waals surface area contributed by atoms with Crippen LogP contribution in [-0.2, 0) is 20.0 Å². The van der Waals surface area contributed by atoms with E-state index in [4.69, 9.17) is 0 Å². The van der Waals surface area contributed by atoms with Crippen molar-refractivity contribution in [3.63, 3.8) is 0 Å². The van der Waals surface area contributed by atoms with Gasteiger partial charge in [-0.25, -0.2) is 9.37 Å². The van der Waals surface area contributed by atoms with E-state index in [-0.39, 0.29) is 5.82 Å². The fourth-order valence-corrected chi connectivity index (χ4v) is 2.01. The van der Waals surface area contributed by atoms with Crippen LogP contribution in [0.2, 0.25) is 0 Å². The first-order valence-electron chi connectivity index (χ1n) is 5.65. The third-order valence-electron chi connectivity index (χ3n) is 2.52. The van der Waals surface area contributed by atoms with E-state index in [0.717, 1.165) is 24.4 Å². The number of aromatic nitrogens is 3. The van der Waals surface area contributed by atoms with Crippen molar-refractivity contribution in [2.24, 2.45) is 7.05 Å². The molecular weight excluding hydrogens is 299 g/mol. The maximum absolute atomic E-state index is 13.3. The van der Waals surface area contributed by atoms with Crippen molar-refractivity contribution in [2.75, 3.05) is 6.54 Å². The van der Waals surface area contributed by atoms with Crippen molar-refractivity contribution in [3.05, 3.63) is 46.2 Å². The van der Waals surface area contributed by atoms with E-state index in [1.54, 1.807) is 17.1 Å². The summed E-state index contributed by atoms with van der Waals surface area (Å²) in [6.45, 7) is 1.37. The fraction of sp³-hybridized carbons (Fsp3) is 0.333. The second-order valence-corrected chi connectivity index (χ2v) is 4.77. The van der Waals surface area contributed by atoms with Crippen molar-refractivity contribution in [3.8, 4) is 0 Å². The summed E-state index contributed by atoms with van der Waals surface area (Å²) >= 11 is 3.24. The molecule has 0 unspecified atom stereocenters. The number of aryl methyl sites for hydroxylation is 1. The molecule has 0 bridgehead atoms. The van der Waals surface area contributed by atoms with E-state index in [0.29, 0.717) is 11.0 Å². The molecule has 0 radical (unpaired) electrons. The highest BCUT2D eigenvalue weighted by Gasteiger charge is 2.04. The fourth-order valence-electron chi connectivity index (χ4n) is 1.61. The molecule has 1 N–H and O–H groups in total. The summed E-state index contributed by atoms with van der Waals surface area (Å²) in [5.41, 5.74) is 0.906. The third-order valence-corrected chi connectivity index (χ3v) is 3.41. The molecule has 0 aliphatic heterocycles. The summed E-state index contributed by atoms with van der Waals surface area (Å²) in [6.07, 6.45) is 2.44. The molecule has 1 aromatic carbocycles. The van der Waals surface area contributed by atoms with Gasteiger partial charge >= 0.3 is 0 Å². The van der Waals surface area contributed by atoms with Gasteiger partial charge in [0.25, 0.3) is 0 Å². The summed E-state index contributed by atoms with van der Waals surface area (Å²) < 4.78 is 15.5. The van der Waals surface area contributed by atoms with Crippen molar-refractivity contribution < 1.29 is 4.39 Å². The van der Waals surface area contributed by atoms with Gasteiger partial charge in [-0.2, -0.15) is 5.10 Å². The third kappa shape index (κ3) is 3.36. The van der Waals surface area contributed by atoms with Crippen LogP contribution < -0.4 is 5.32 Å². The molecule has 0 atom stereocenters. The molecule has 0 aliphatic carbocycles. The number of hydrogen-bond donors (Lipinski definition) is 1. The van der Waals surface area contributed by atoms with Crippen molar-refractivity contribution in [1.29, 1.82) is 0 Å². The first kappa shape index (κ1) is 13.2. The summed E-state index contributed by atoms with van der Waals surface area (Å²) in [5.74, 6) is 0.573. The van der Waals surface area contributed by atoms with E-state index in [1.165, 1.54) is 6.07 Å². The maximum Gasteiger partial charge on any atom is 0.151 e. The van der Waals surface area contributed by atoms with Gasteiger partial charge in [0, 0.05) is 26.6 Å². The van der Waals surface area contributed by atoms with Crippen LogP contribution in [0.25, 0.3) is 0 Å². The molecule has 18 heavy (non-hydrogen) atoms. The second kappa shape index (κ2) is 6.06. The molecule has 6 heteroatoms. The van der Waals surface area contributed by atoms with Gasteiger partial charge in [-0.1, -0.05) is 12.1 Å². The maximum atomic E-state index is 13.3. The van der Waals surface area contributed by atoms with Gasteiger partial charge < -0.3 is 5.32 Å². The molecule has 0 fully saturated rings. The van der Waals surface area contributed by atoms with Crippen LogP contribution in [0.5, 0.6) is 0 Å². The van der Waals surface area contributed by atoms with Crippen LogP contribution in [0.15, 0.2) is 29.0 Å². The SMILES string of the molecule is Cn1cnc(CCNCc2cccc(F)c2Br)n1. The molecular formula is C12H14BrFN4. The zero-order valence-corrected chi connectivity index (χ0v) is 11.6. The number of rotatable bonds is 5. The number of nitrogens with zero attached hydrogens (tertiary/aromatic N) is 3. The molecule has 2 aromatic rings. The Morgan fingerprint density at radius 1 is 1.44 bits per heavy atom. The van der Waals surface area contributed by atoms with Gasteiger partial charge in [0.05, 0.1) is 4.47 Å². The minimum atomic E-state index is -0.235. The zero-order chi connectivity index (χ0) is 13.0. The summed E-state index contributed by atoms with van der Waals surface area (Å²) in [6, 6.07) is 5.03. The van der Waals surface area contributed by atoms with Gasteiger partial charge in [0.2, 0.25) is 0 Å². The molecule has 96 valence electrons. The van der Waals surface area contributed by atoms with Crippen LogP contribution >= 0.6 is 15.9 Å². The second-order valence-electron chi connectivity index (χ2n) is 3.97. The van der Waals surface area contributed by atoms with Crippen LogP contribution in [0, 0.1) is 5.82 Å². The monoisotopic (exact) mass is 312 g/mol. The Balaban J connectivity index is 1.80. The molecule has 0 saturated heterocycles. The van der Waals surface area contributed by atoms with Gasteiger partial charge in [-0.3, -0.25) is 4.68 Å². The van der Waals surface area contributed by atoms with Crippen LogP contribution in [0.3, 0.4) is 0 Å². The molecule has 0 aliphatic rings. The molecule has 4 nitrogen and oxygen atoms in total. The Labute approximate surface area is 113 Å². The lowest BCUT2D eigenvalue weighted by Gasteiger charge is -2.06. The van der Waals surface area contributed by atoms with Gasteiger partial charge in [-0.05, 0) is 27.6 Å². The highest BCUT2D eigenvalue weighted by atomic mass is 79.9. The Morgan fingerprint density at radius 2 is 2.28 bits per heavy atom. The van der Waals surface area contributed by atoms with Gasteiger partial charge in [-0.15, -0.1) is 0 Å². The van der Waals surface area contributed by atoms with E-state index in [1.807, 2.05) is 13.1 Å². The van der Waals surface area contributed by atoms with Gasteiger partial charge in [0.15, 0.2) is 5.82 Å². The summed E-state index contributed by atoms with van der Waals surface area (Å²) in [5, 5.41) is 7.42. The summed E-state index contributed by atoms with van der Waals surface area (Å²) in [4.78, 5) is 4.13. The molecule has 1 heterocycles. The Hall–Kier alpha value is -1.27. The highest BCUT2D eigenvalue weighted by Crippen LogP contribution is 2.19. The predicted molar refractivity (Wildman–Crippen MR) is 70.5 cm³/mol. The Kier molecular flexibility index (Phi) is 4.43. The summed E-state index contributed by atoms with van der Waals surface area (Å²) in [7, 11) is 1.84. The topological polar surface area (TPSA) is 42.7 Å². The normalized spacial score (nSPS) is 10.8. The largest absolute Gasteiger partial charge is 0.312 e. The average Bonchev–Trinajstić information content (AvgIpc) is 2.76. The molecule has 0 amide bonds. The Bertz CT molecular complexity index is 527. The van der Waals surface area contributed by atoms with Crippen LogP contribution in [0.4, 0.5) is 4.39 Å². The van der Waals surface area contributed by atoms with Crippen molar-refractivity contribution in [1.82, 2.24) is 20.1 Å². The van der Waals surface area contributed by atoms with Crippen molar-refractivity contribution >= 4 is 15.9 Å². The lowest BCUT2D eigenvalue weighted by atomic mass is 10.2. The first-order chi connectivity index (χ1) is 8.66. The van der Waals surface area contributed by atoms with E-state index in [9.17, 15) is 4.39 Å². The number of benzene rings is 1. The van der Waals surface area contributed by atoms with E-state index >= 15 is 0 Å². The highest BCUT2D eigenvalue weighted by molar-refractivity contribution is 9.10.